The standard InChI is InChI=1S/C28H35N9O2/c1-33-9-11-35(12-10-33)8-7-29-27(39)23-24(38)20-13-30-28(36-16-18-14-34(2)15-19(18)17-36)32-25(20)37-22-6-4-3-5-21(22)31-26(23)37/h3-6,13,18-19,31H,7-12,14-17H2,1-2H3,(H,29,39). The van der Waals surface area contributed by atoms with E-state index in [0.717, 1.165) is 69.9 Å². The molecule has 3 saturated heterocycles. The van der Waals surface area contributed by atoms with E-state index in [0.29, 0.717) is 41.0 Å². The van der Waals surface area contributed by atoms with Crippen molar-refractivity contribution in [2.75, 3.05) is 84.4 Å². The Morgan fingerprint density at radius 2 is 1.77 bits per heavy atom. The SMILES string of the molecule is CN1CCN(CCNC(=O)c2c(=O)c3cnc(N4CC5CN(C)CC5C4)nc3n3c2[nH]c2ccccc23)CC1. The topological polar surface area (TPSA) is 105 Å². The molecular formula is C28H35N9O2. The molecular weight excluding hydrogens is 494 g/mol. The molecule has 4 aromatic rings. The Morgan fingerprint density at radius 3 is 2.54 bits per heavy atom. The van der Waals surface area contributed by atoms with E-state index < -0.39 is 0 Å². The van der Waals surface area contributed by atoms with E-state index in [9.17, 15) is 9.59 Å². The van der Waals surface area contributed by atoms with Crippen molar-refractivity contribution in [3.05, 3.63) is 46.2 Å². The number of fused-ring (bicyclic) bond motifs is 6. The van der Waals surface area contributed by atoms with Crippen molar-refractivity contribution in [1.29, 1.82) is 0 Å². The molecule has 0 bridgehead atoms. The van der Waals surface area contributed by atoms with Gasteiger partial charge >= 0.3 is 0 Å². The van der Waals surface area contributed by atoms with Gasteiger partial charge in [-0.3, -0.25) is 18.9 Å². The zero-order chi connectivity index (χ0) is 26.7. The Labute approximate surface area is 226 Å². The molecule has 11 nitrogen and oxygen atoms in total. The molecule has 204 valence electrons. The summed E-state index contributed by atoms with van der Waals surface area (Å²) in [6.07, 6.45) is 1.61. The Hall–Kier alpha value is -3.54. The summed E-state index contributed by atoms with van der Waals surface area (Å²) in [7, 11) is 4.30. The van der Waals surface area contributed by atoms with Crippen molar-refractivity contribution in [3.63, 3.8) is 0 Å². The molecule has 0 saturated carbocycles. The predicted molar refractivity (Wildman–Crippen MR) is 152 cm³/mol. The van der Waals surface area contributed by atoms with Crippen LogP contribution < -0.4 is 15.6 Å². The number of likely N-dealkylation sites (tertiary alicyclic amines) is 1. The van der Waals surface area contributed by atoms with Crippen LogP contribution in [0.25, 0.3) is 27.7 Å². The number of rotatable bonds is 5. The second kappa shape index (κ2) is 9.58. The molecule has 1 amide bonds. The number of piperazine rings is 1. The van der Waals surface area contributed by atoms with Gasteiger partial charge in [0.1, 0.15) is 11.2 Å². The van der Waals surface area contributed by atoms with Gasteiger partial charge in [-0.25, -0.2) is 4.98 Å². The highest BCUT2D eigenvalue weighted by atomic mass is 16.2. The van der Waals surface area contributed by atoms with E-state index in [2.05, 4.69) is 49.0 Å². The number of pyridine rings is 1. The van der Waals surface area contributed by atoms with Crippen LogP contribution in [0.3, 0.4) is 0 Å². The Balaban J connectivity index is 1.25. The molecule has 2 N–H and O–H groups in total. The van der Waals surface area contributed by atoms with Gasteiger partial charge in [0.2, 0.25) is 11.4 Å². The van der Waals surface area contributed by atoms with Gasteiger partial charge in [-0.05, 0) is 38.1 Å². The van der Waals surface area contributed by atoms with E-state index in [1.165, 1.54) is 0 Å². The van der Waals surface area contributed by atoms with Crippen molar-refractivity contribution >= 4 is 39.6 Å². The summed E-state index contributed by atoms with van der Waals surface area (Å²) in [4.78, 5) is 49.5. The summed E-state index contributed by atoms with van der Waals surface area (Å²) in [6, 6.07) is 7.83. The molecule has 39 heavy (non-hydrogen) atoms. The van der Waals surface area contributed by atoms with Crippen LogP contribution >= 0.6 is 0 Å². The molecule has 2 unspecified atom stereocenters. The maximum Gasteiger partial charge on any atom is 0.259 e. The first-order chi connectivity index (χ1) is 19.0. The first kappa shape index (κ1) is 24.5. The van der Waals surface area contributed by atoms with E-state index in [1.807, 2.05) is 28.7 Å². The van der Waals surface area contributed by atoms with Crippen LogP contribution in [0, 0.1) is 11.8 Å². The summed E-state index contributed by atoms with van der Waals surface area (Å²) in [5.74, 6) is 1.49. The average Bonchev–Trinajstić information content (AvgIpc) is 3.60. The Bertz CT molecular complexity index is 1610. The Kier molecular flexibility index (Phi) is 6.02. The van der Waals surface area contributed by atoms with Crippen molar-refractivity contribution in [2.45, 2.75) is 0 Å². The quantitative estimate of drug-likeness (QED) is 0.389. The molecule has 6 heterocycles. The lowest BCUT2D eigenvalue weighted by Crippen LogP contribution is -2.47. The Morgan fingerprint density at radius 1 is 1.03 bits per heavy atom. The minimum atomic E-state index is -0.374. The zero-order valence-corrected chi connectivity index (χ0v) is 22.6. The van der Waals surface area contributed by atoms with Gasteiger partial charge < -0.3 is 25.0 Å². The van der Waals surface area contributed by atoms with Crippen LogP contribution in [0.15, 0.2) is 35.3 Å². The van der Waals surface area contributed by atoms with E-state index >= 15 is 0 Å². The predicted octanol–water partition coefficient (Wildman–Crippen LogP) is 0.699. The summed E-state index contributed by atoms with van der Waals surface area (Å²) in [5, 5.41) is 3.35. The summed E-state index contributed by atoms with van der Waals surface area (Å²) < 4.78 is 1.91. The zero-order valence-electron chi connectivity index (χ0n) is 22.6. The lowest BCUT2D eigenvalue weighted by atomic mass is 10.0. The maximum absolute atomic E-state index is 13.8. The van der Waals surface area contributed by atoms with E-state index in [1.54, 1.807) is 6.20 Å². The van der Waals surface area contributed by atoms with E-state index in [-0.39, 0.29) is 16.9 Å². The average molecular weight is 530 g/mol. The van der Waals surface area contributed by atoms with Crippen LogP contribution in [-0.2, 0) is 0 Å². The normalized spacial score (nSPS) is 22.9. The van der Waals surface area contributed by atoms with Crippen molar-refractivity contribution in [1.82, 2.24) is 39.4 Å². The number of hydrogen-bond acceptors (Lipinski definition) is 8. The molecule has 3 aromatic heterocycles. The number of nitrogens with one attached hydrogen (secondary N) is 2. The highest BCUT2D eigenvalue weighted by Gasteiger charge is 2.39. The van der Waals surface area contributed by atoms with Gasteiger partial charge in [-0.1, -0.05) is 12.1 Å². The third kappa shape index (κ3) is 4.25. The number of amides is 1. The summed E-state index contributed by atoms with van der Waals surface area (Å²) in [6.45, 7) is 9.25. The first-order valence-corrected chi connectivity index (χ1v) is 13.9. The number of benzene rings is 1. The van der Waals surface area contributed by atoms with Crippen LogP contribution in [0.2, 0.25) is 0 Å². The number of imidazole rings is 1. The number of nitrogens with zero attached hydrogens (tertiary/aromatic N) is 7. The van der Waals surface area contributed by atoms with Crippen molar-refractivity contribution < 1.29 is 4.79 Å². The van der Waals surface area contributed by atoms with Crippen LogP contribution in [0.4, 0.5) is 5.95 Å². The van der Waals surface area contributed by atoms with Crippen LogP contribution in [0.5, 0.6) is 0 Å². The fourth-order valence-corrected chi connectivity index (χ4v) is 6.65. The lowest BCUT2D eigenvalue weighted by molar-refractivity contribution is 0.0941. The fraction of sp³-hybridized carbons (Fsp3) is 0.500. The largest absolute Gasteiger partial charge is 0.351 e. The number of aromatic amines is 1. The van der Waals surface area contributed by atoms with Gasteiger partial charge in [0.25, 0.3) is 5.91 Å². The van der Waals surface area contributed by atoms with Crippen LogP contribution in [-0.4, -0.2) is 120 Å². The van der Waals surface area contributed by atoms with Gasteiger partial charge in [0.05, 0.1) is 16.4 Å². The molecule has 3 aliphatic heterocycles. The molecule has 1 aromatic carbocycles. The monoisotopic (exact) mass is 529 g/mol. The molecule has 11 heteroatoms. The number of anilines is 1. The highest BCUT2D eigenvalue weighted by Crippen LogP contribution is 2.32. The molecule has 3 aliphatic rings. The number of aromatic nitrogens is 4. The van der Waals surface area contributed by atoms with E-state index in [4.69, 9.17) is 4.98 Å². The maximum atomic E-state index is 13.8. The van der Waals surface area contributed by atoms with Gasteiger partial charge in [-0.15, -0.1) is 0 Å². The number of para-hydroxylation sites is 2. The molecule has 3 fully saturated rings. The second-order valence-corrected chi connectivity index (χ2v) is 11.5. The molecule has 0 spiro atoms. The number of H-pyrrole nitrogens is 1. The first-order valence-electron chi connectivity index (χ1n) is 13.9. The highest BCUT2D eigenvalue weighted by molar-refractivity contribution is 6.05. The fourth-order valence-electron chi connectivity index (χ4n) is 6.65. The summed E-state index contributed by atoms with van der Waals surface area (Å²) in [5.41, 5.74) is 2.46. The third-order valence-electron chi connectivity index (χ3n) is 8.79. The van der Waals surface area contributed by atoms with Gasteiger partial charge in [-0.2, -0.15) is 4.98 Å². The number of hydrogen-bond donors (Lipinski definition) is 2. The number of carbonyl (C=O) groups excluding carboxylic acids is 1. The minimum absolute atomic E-state index is 0.104. The number of carbonyl (C=O) groups is 1. The molecule has 0 radical (unpaired) electrons. The smallest absolute Gasteiger partial charge is 0.259 e. The minimum Gasteiger partial charge on any atom is -0.351 e. The molecule has 7 rings (SSSR count). The second-order valence-electron chi connectivity index (χ2n) is 11.5. The van der Waals surface area contributed by atoms with Crippen molar-refractivity contribution in [3.8, 4) is 0 Å². The third-order valence-corrected chi connectivity index (χ3v) is 8.79. The molecule has 0 aliphatic carbocycles. The van der Waals surface area contributed by atoms with Crippen LogP contribution in [0.1, 0.15) is 10.4 Å². The van der Waals surface area contributed by atoms with Gasteiger partial charge in [0, 0.05) is 71.6 Å². The lowest BCUT2D eigenvalue weighted by Gasteiger charge is -2.32. The number of likely N-dealkylation sites (N-methyl/N-ethyl adjacent to an activating group) is 1. The summed E-state index contributed by atoms with van der Waals surface area (Å²) >= 11 is 0. The van der Waals surface area contributed by atoms with Gasteiger partial charge in [0.15, 0.2) is 5.65 Å². The molecule has 2 atom stereocenters. The van der Waals surface area contributed by atoms with Crippen molar-refractivity contribution in [2.24, 2.45) is 11.8 Å².